The second-order valence-electron chi connectivity index (χ2n) is 23.0. The zero-order valence-corrected chi connectivity index (χ0v) is 48.5. The molecular weight excluding hydrogens is 1060 g/mol. The standard InChI is InChI=1S/C66H80N10O8/c1-41(67-3)59(77)73-57(45-25-13-7-14-26-45)65(83)75-39-49(37-55(75)63(81)71-53-31-19-17-29-51(53)43-21-9-5-10-22-43)69-61(79)47-33-35-48(36-34-47)62(80)70-50-38-56(64(82)72-54-32-20-18-30-52(54)44-23-11-6-12-24-44)76(40-50)66(84)58(46-27-15-8-16-28-46)74-60(78)42(2)68-4/h5-6,9-12,17-24,29-36,41-42,45-46,49-50,55-58,67-68H,7-8,13-16,25-28,37-40H2,1-4H3,(H,69,79)(H,70,80)(H,71,81)(H,72,82)(H,73,77)(H,74,78)/t41-,42-,49-,50-,55-,56-,57-,58-/m0/s1. The van der Waals surface area contributed by atoms with Gasteiger partial charge in [0.05, 0.1) is 12.1 Å². The van der Waals surface area contributed by atoms with Crippen LogP contribution in [0.1, 0.15) is 112 Å². The third-order valence-corrected chi connectivity index (χ3v) is 17.4. The van der Waals surface area contributed by atoms with Gasteiger partial charge in [-0.05, 0) is 126 Å². The summed E-state index contributed by atoms with van der Waals surface area (Å²) < 4.78 is 0. The molecule has 8 atom stereocenters. The van der Waals surface area contributed by atoms with Crippen molar-refractivity contribution in [1.82, 2.24) is 41.7 Å². The van der Waals surface area contributed by atoms with E-state index in [9.17, 15) is 38.4 Å². The summed E-state index contributed by atoms with van der Waals surface area (Å²) in [6.45, 7) is 3.46. The highest BCUT2D eigenvalue weighted by molar-refractivity contribution is 6.04. The molecule has 0 bridgehead atoms. The second-order valence-corrected chi connectivity index (χ2v) is 23.0. The fourth-order valence-electron chi connectivity index (χ4n) is 12.4. The molecule has 442 valence electrons. The number of nitrogens with zero attached hydrogens (tertiary/aromatic N) is 2. The smallest absolute Gasteiger partial charge is 0.251 e. The molecule has 2 aliphatic heterocycles. The maximum atomic E-state index is 15.0. The fourth-order valence-corrected chi connectivity index (χ4v) is 12.4. The van der Waals surface area contributed by atoms with Crippen LogP contribution in [0.25, 0.3) is 22.3 Å². The number of hydrogen-bond acceptors (Lipinski definition) is 10. The van der Waals surface area contributed by atoms with Crippen molar-refractivity contribution in [1.29, 1.82) is 0 Å². The third-order valence-electron chi connectivity index (χ3n) is 17.4. The largest absolute Gasteiger partial charge is 0.347 e. The van der Waals surface area contributed by atoms with Gasteiger partial charge in [0.15, 0.2) is 0 Å². The van der Waals surface area contributed by atoms with E-state index in [2.05, 4.69) is 42.5 Å². The Morgan fingerprint density at radius 3 is 1.14 bits per heavy atom. The average Bonchev–Trinajstić information content (AvgIpc) is 4.37. The zero-order chi connectivity index (χ0) is 59.3. The van der Waals surface area contributed by atoms with Crippen molar-refractivity contribution in [2.45, 2.75) is 139 Å². The van der Waals surface area contributed by atoms with Crippen LogP contribution >= 0.6 is 0 Å². The minimum atomic E-state index is -1.00. The molecule has 2 heterocycles. The molecule has 2 saturated heterocycles. The summed E-state index contributed by atoms with van der Waals surface area (Å²) >= 11 is 0. The highest BCUT2D eigenvalue weighted by Gasteiger charge is 2.47. The second kappa shape index (κ2) is 28.4. The van der Waals surface area contributed by atoms with Crippen molar-refractivity contribution < 1.29 is 38.4 Å². The summed E-state index contributed by atoms with van der Waals surface area (Å²) in [5, 5.41) is 24.3. The molecule has 18 nitrogen and oxygen atoms in total. The van der Waals surface area contributed by atoms with Crippen molar-refractivity contribution in [2.24, 2.45) is 11.8 Å². The lowest BCUT2D eigenvalue weighted by molar-refractivity contribution is -0.142. The number of para-hydroxylation sites is 2. The first-order valence-corrected chi connectivity index (χ1v) is 29.9. The van der Waals surface area contributed by atoms with Gasteiger partial charge in [0.25, 0.3) is 11.8 Å². The van der Waals surface area contributed by atoms with Gasteiger partial charge >= 0.3 is 0 Å². The molecule has 4 aliphatic rings. The Morgan fingerprint density at radius 2 is 0.786 bits per heavy atom. The first-order chi connectivity index (χ1) is 40.7. The van der Waals surface area contributed by atoms with Crippen LogP contribution in [0.4, 0.5) is 11.4 Å². The minimum Gasteiger partial charge on any atom is -0.347 e. The van der Waals surface area contributed by atoms with Gasteiger partial charge in [-0.25, -0.2) is 0 Å². The van der Waals surface area contributed by atoms with E-state index in [0.29, 0.717) is 11.4 Å². The number of nitrogens with one attached hydrogen (secondary N) is 8. The molecule has 84 heavy (non-hydrogen) atoms. The summed E-state index contributed by atoms with van der Waals surface area (Å²) in [5.41, 5.74) is 4.98. The predicted octanol–water partition coefficient (Wildman–Crippen LogP) is 7.04. The third kappa shape index (κ3) is 14.6. The van der Waals surface area contributed by atoms with Gasteiger partial charge in [-0.3, -0.25) is 38.4 Å². The Bertz CT molecular complexity index is 2920. The van der Waals surface area contributed by atoms with E-state index < -0.39 is 72.0 Å². The molecular formula is C66H80N10O8. The number of likely N-dealkylation sites (tertiary alicyclic amines) is 2. The number of carbonyl (C=O) groups is 8. The van der Waals surface area contributed by atoms with Crippen LogP contribution in [0.15, 0.2) is 133 Å². The van der Waals surface area contributed by atoms with E-state index in [1.54, 1.807) is 27.9 Å². The van der Waals surface area contributed by atoms with E-state index in [-0.39, 0.29) is 72.5 Å². The molecule has 8 N–H and O–H groups in total. The van der Waals surface area contributed by atoms with E-state index in [4.69, 9.17) is 0 Å². The lowest BCUT2D eigenvalue weighted by Gasteiger charge is -2.35. The number of carbonyl (C=O) groups excluding carboxylic acids is 8. The van der Waals surface area contributed by atoms with Gasteiger partial charge in [-0.15, -0.1) is 0 Å². The van der Waals surface area contributed by atoms with Crippen LogP contribution in [0.3, 0.4) is 0 Å². The van der Waals surface area contributed by atoms with Gasteiger partial charge in [0.2, 0.25) is 35.4 Å². The van der Waals surface area contributed by atoms with Crippen LogP contribution in [0.2, 0.25) is 0 Å². The van der Waals surface area contributed by atoms with E-state index >= 15 is 0 Å². The van der Waals surface area contributed by atoms with Crippen molar-refractivity contribution in [2.75, 3.05) is 37.8 Å². The lowest BCUT2D eigenvalue weighted by atomic mass is 9.83. The highest BCUT2D eigenvalue weighted by Crippen LogP contribution is 2.35. The SMILES string of the molecule is CN[C@@H](C)C(=O)N[C@H](C(=O)N1C[C@@H](NC(=O)c2ccc(C(=O)N[C@H]3C[C@@H](C(=O)Nc4ccccc4-c4ccccc4)N(C(=O)[C@@H](NC(=O)[C@H](C)NC)C4CCCCC4)C3)cc2)C[C@H]1C(=O)Nc1ccccc1-c1ccccc1)C1CCCCC1. The van der Waals surface area contributed by atoms with Crippen LogP contribution in [0, 0.1) is 11.8 Å². The number of hydrogen-bond donors (Lipinski definition) is 8. The topological polar surface area (TPSA) is 239 Å². The van der Waals surface area contributed by atoms with Crippen LogP contribution < -0.4 is 42.5 Å². The van der Waals surface area contributed by atoms with Gasteiger partial charge in [0, 0.05) is 58.8 Å². The monoisotopic (exact) mass is 1140 g/mol. The van der Waals surface area contributed by atoms with E-state index in [0.717, 1.165) is 86.5 Å². The molecule has 2 aliphatic carbocycles. The predicted molar refractivity (Wildman–Crippen MR) is 324 cm³/mol. The maximum Gasteiger partial charge on any atom is 0.251 e. The number of amides is 8. The Kier molecular flexibility index (Phi) is 20.4. The number of likely N-dealkylation sites (N-methyl/N-ethyl adjacent to an activating group) is 2. The molecule has 0 radical (unpaired) electrons. The van der Waals surface area contributed by atoms with Gasteiger partial charge in [-0.2, -0.15) is 0 Å². The van der Waals surface area contributed by atoms with Gasteiger partial charge < -0.3 is 52.3 Å². The fraction of sp³-hybridized carbons (Fsp3) is 0.424. The first-order valence-electron chi connectivity index (χ1n) is 29.9. The molecule has 5 aromatic carbocycles. The summed E-state index contributed by atoms with van der Waals surface area (Å²) in [4.78, 5) is 117. The molecule has 2 saturated carbocycles. The molecule has 5 aromatic rings. The number of rotatable bonds is 20. The summed E-state index contributed by atoms with van der Waals surface area (Å²) in [6, 6.07) is 34.1. The normalized spacial score (nSPS) is 20.6. The van der Waals surface area contributed by atoms with Gasteiger partial charge in [0.1, 0.15) is 24.2 Å². The summed E-state index contributed by atoms with van der Waals surface area (Å²) in [5.74, 6) is -3.51. The van der Waals surface area contributed by atoms with Crippen molar-refractivity contribution in [3.05, 3.63) is 145 Å². The van der Waals surface area contributed by atoms with E-state index in [1.807, 2.05) is 109 Å². The number of anilines is 2. The molecule has 0 aromatic heterocycles. The van der Waals surface area contributed by atoms with Crippen molar-refractivity contribution in [3.8, 4) is 22.3 Å². The van der Waals surface area contributed by atoms with Crippen LogP contribution in [-0.2, 0) is 28.8 Å². The Balaban J connectivity index is 0.917. The zero-order valence-electron chi connectivity index (χ0n) is 48.5. The average molecular weight is 1140 g/mol. The van der Waals surface area contributed by atoms with Crippen LogP contribution in [0.5, 0.6) is 0 Å². The highest BCUT2D eigenvalue weighted by atomic mass is 16.2. The Hall–Kier alpha value is -8.22. The lowest BCUT2D eigenvalue weighted by Crippen LogP contribution is -2.57. The summed E-state index contributed by atoms with van der Waals surface area (Å²) in [6.07, 6.45) is 8.88. The molecule has 18 heteroatoms. The number of benzene rings is 5. The maximum absolute atomic E-state index is 15.0. The Morgan fingerprint density at radius 1 is 0.440 bits per heavy atom. The molecule has 4 fully saturated rings. The first kappa shape index (κ1) is 60.4. The van der Waals surface area contributed by atoms with Crippen molar-refractivity contribution >= 4 is 58.6 Å². The molecule has 0 spiro atoms. The Labute approximate surface area is 492 Å². The summed E-state index contributed by atoms with van der Waals surface area (Å²) in [7, 11) is 3.35. The quantitative estimate of drug-likeness (QED) is 0.0396. The molecule has 9 rings (SSSR count). The minimum absolute atomic E-state index is 0.00641. The molecule has 8 amide bonds. The van der Waals surface area contributed by atoms with Gasteiger partial charge in [-0.1, -0.05) is 136 Å². The van der Waals surface area contributed by atoms with E-state index in [1.165, 1.54) is 34.1 Å². The van der Waals surface area contributed by atoms with Crippen molar-refractivity contribution in [3.63, 3.8) is 0 Å². The van der Waals surface area contributed by atoms with Crippen LogP contribution in [-0.4, -0.2) is 133 Å². The molecule has 0 unspecified atom stereocenters.